The van der Waals surface area contributed by atoms with Crippen LogP contribution in [-0.2, 0) is 11.3 Å². The van der Waals surface area contributed by atoms with Gasteiger partial charge in [0.1, 0.15) is 0 Å². The standard InChI is InChI=1S/C14H23N3O3/c1-14(2)11-16(6-8-20-14)12-9-13(19)17(15-10-12)5-3-4-7-18/h9-10,18H,3-8,11H2,1-2H3. The molecule has 20 heavy (non-hydrogen) atoms. The summed E-state index contributed by atoms with van der Waals surface area (Å²) in [6.07, 6.45) is 3.18. The van der Waals surface area contributed by atoms with Crippen molar-refractivity contribution < 1.29 is 9.84 Å². The molecule has 0 saturated carbocycles. The molecule has 0 radical (unpaired) electrons. The molecule has 1 aromatic heterocycles. The minimum atomic E-state index is -0.200. The highest BCUT2D eigenvalue weighted by Gasteiger charge is 2.27. The Morgan fingerprint density at radius 1 is 1.45 bits per heavy atom. The van der Waals surface area contributed by atoms with Crippen LogP contribution in [0.5, 0.6) is 0 Å². The van der Waals surface area contributed by atoms with Crippen molar-refractivity contribution in [3.05, 3.63) is 22.6 Å². The highest BCUT2D eigenvalue weighted by molar-refractivity contribution is 5.43. The average molecular weight is 281 g/mol. The largest absolute Gasteiger partial charge is 0.396 e. The summed E-state index contributed by atoms with van der Waals surface area (Å²) in [4.78, 5) is 14.2. The first kappa shape index (κ1) is 15.0. The van der Waals surface area contributed by atoms with E-state index in [1.807, 2.05) is 13.8 Å². The maximum absolute atomic E-state index is 12.0. The molecule has 2 heterocycles. The molecule has 6 nitrogen and oxygen atoms in total. The molecule has 0 bridgehead atoms. The number of unbranched alkanes of at least 4 members (excludes halogenated alkanes) is 1. The molecule has 6 heteroatoms. The first-order chi connectivity index (χ1) is 9.52. The fourth-order valence-electron chi connectivity index (χ4n) is 2.38. The zero-order valence-electron chi connectivity index (χ0n) is 12.2. The lowest BCUT2D eigenvalue weighted by Gasteiger charge is -2.39. The van der Waals surface area contributed by atoms with E-state index in [1.54, 1.807) is 12.3 Å². The van der Waals surface area contributed by atoms with Gasteiger partial charge in [0.15, 0.2) is 0 Å². The van der Waals surface area contributed by atoms with Gasteiger partial charge in [-0.3, -0.25) is 4.79 Å². The van der Waals surface area contributed by atoms with E-state index >= 15 is 0 Å². The Labute approximate surface area is 119 Å². The van der Waals surface area contributed by atoms with E-state index in [4.69, 9.17) is 9.84 Å². The minimum absolute atomic E-state index is 0.0928. The maximum atomic E-state index is 12.0. The predicted octanol–water partition coefficient (Wildman–Crippen LogP) is 0.631. The van der Waals surface area contributed by atoms with Gasteiger partial charge in [0.05, 0.1) is 24.1 Å². The van der Waals surface area contributed by atoms with Crippen LogP contribution in [0, 0.1) is 0 Å². The summed E-state index contributed by atoms with van der Waals surface area (Å²) in [6.45, 7) is 6.98. The Morgan fingerprint density at radius 2 is 2.25 bits per heavy atom. The lowest BCUT2D eigenvalue weighted by Crippen LogP contribution is -2.48. The fraction of sp³-hybridized carbons (Fsp3) is 0.714. The van der Waals surface area contributed by atoms with Gasteiger partial charge in [-0.05, 0) is 26.7 Å². The molecule has 0 aromatic carbocycles. The molecule has 2 rings (SSSR count). The average Bonchev–Trinajstić information content (AvgIpc) is 2.39. The number of aliphatic hydroxyl groups excluding tert-OH is 1. The molecule has 1 aromatic rings. The number of aromatic nitrogens is 2. The molecular formula is C14H23N3O3. The topological polar surface area (TPSA) is 67.6 Å². The SMILES string of the molecule is CC1(C)CN(c2cnn(CCCCO)c(=O)c2)CCO1. The van der Waals surface area contributed by atoms with Crippen molar-refractivity contribution in [1.82, 2.24) is 9.78 Å². The summed E-state index contributed by atoms with van der Waals surface area (Å²) < 4.78 is 7.12. The van der Waals surface area contributed by atoms with Crippen LogP contribution in [0.1, 0.15) is 26.7 Å². The lowest BCUT2D eigenvalue weighted by atomic mass is 10.1. The van der Waals surface area contributed by atoms with E-state index in [2.05, 4.69) is 10.00 Å². The van der Waals surface area contributed by atoms with Crippen molar-refractivity contribution >= 4 is 5.69 Å². The second-order valence-corrected chi connectivity index (χ2v) is 5.74. The van der Waals surface area contributed by atoms with Gasteiger partial charge in [0.25, 0.3) is 5.56 Å². The highest BCUT2D eigenvalue weighted by Crippen LogP contribution is 2.21. The molecule has 0 aliphatic carbocycles. The van der Waals surface area contributed by atoms with Gasteiger partial charge in [0, 0.05) is 32.3 Å². The molecule has 112 valence electrons. The second kappa shape index (κ2) is 6.37. The Morgan fingerprint density at radius 3 is 2.90 bits per heavy atom. The monoisotopic (exact) mass is 281 g/mol. The Hall–Kier alpha value is -1.40. The first-order valence-electron chi connectivity index (χ1n) is 7.09. The van der Waals surface area contributed by atoms with Crippen LogP contribution in [0.2, 0.25) is 0 Å². The predicted molar refractivity (Wildman–Crippen MR) is 77.1 cm³/mol. The quantitative estimate of drug-likeness (QED) is 0.802. The number of nitrogens with zero attached hydrogens (tertiary/aromatic N) is 3. The van der Waals surface area contributed by atoms with Gasteiger partial charge in [-0.2, -0.15) is 5.10 Å². The van der Waals surface area contributed by atoms with Crippen LogP contribution in [0.25, 0.3) is 0 Å². The first-order valence-corrected chi connectivity index (χ1v) is 7.09. The van der Waals surface area contributed by atoms with Gasteiger partial charge in [0.2, 0.25) is 0 Å². The van der Waals surface area contributed by atoms with E-state index in [1.165, 1.54) is 4.68 Å². The molecule has 1 fully saturated rings. The van der Waals surface area contributed by atoms with E-state index < -0.39 is 0 Å². The molecule has 0 amide bonds. The van der Waals surface area contributed by atoms with E-state index in [-0.39, 0.29) is 17.8 Å². The Balaban J connectivity index is 2.06. The van der Waals surface area contributed by atoms with Crippen molar-refractivity contribution in [3.8, 4) is 0 Å². The van der Waals surface area contributed by atoms with Crippen LogP contribution in [0.3, 0.4) is 0 Å². The number of hydrogen-bond acceptors (Lipinski definition) is 5. The van der Waals surface area contributed by atoms with E-state index in [9.17, 15) is 4.79 Å². The number of rotatable bonds is 5. The van der Waals surface area contributed by atoms with E-state index in [0.29, 0.717) is 19.6 Å². The number of aliphatic hydroxyl groups is 1. The third kappa shape index (κ3) is 3.80. The summed E-state index contributed by atoms with van der Waals surface area (Å²) in [5.74, 6) is 0. The summed E-state index contributed by atoms with van der Waals surface area (Å²) in [5, 5.41) is 13.0. The Bertz CT molecular complexity index is 499. The fourth-order valence-corrected chi connectivity index (χ4v) is 2.38. The molecule has 1 aliphatic rings. The number of hydrogen-bond donors (Lipinski definition) is 1. The zero-order chi connectivity index (χ0) is 14.6. The number of ether oxygens (including phenoxy) is 1. The van der Waals surface area contributed by atoms with Crippen LogP contribution in [0.15, 0.2) is 17.1 Å². The Kier molecular flexibility index (Phi) is 4.77. The van der Waals surface area contributed by atoms with Crippen molar-refractivity contribution in [1.29, 1.82) is 0 Å². The van der Waals surface area contributed by atoms with Gasteiger partial charge < -0.3 is 14.7 Å². The third-order valence-corrected chi connectivity index (χ3v) is 3.42. The lowest BCUT2D eigenvalue weighted by molar-refractivity contribution is -0.0277. The molecule has 1 saturated heterocycles. The highest BCUT2D eigenvalue weighted by atomic mass is 16.5. The van der Waals surface area contributed by atoms with Gasteiger partial charge >= 0.3 is 0 Å². The summed E-state index contributed by atoms with van der Waals surface area (Å²) >= 11 is 0. The number of anilines is 1. The van der Waals surface area contributed by atoms with Gasteiger partial charge in [-0.15, -0.1) is 0 Å². The van der Waals surface area contributed by atoms with Gasteiger partial charge in [-0.1, -0.05) is 0 Å². The molecule has 0 spiro atoms. The zero-order valence-corrected chi connectivity index (χ0v) is 12.2. The number of morpholine rings is 1. The normalized spacial score (nSPS) is 18.2. The minimum Gasteiger partial charge on any atom is -0.396 e. The molecule has 1 aliphatic heterocycles. The van der Waals surface area contributed by atoms with Gasteiger partial charge in [-0.25, -0.2) is 4.68 Å². The molecular weight excluding hydrogens is 258 g/mol. The molecule has 0 unspecified atom stereocenters. The summed E-state index contributed by atoms with van der Waals surface area (Å²) in [6, 6.07) is 1.63. The van der Waals surface area contributed by atoms with Crippen LogP contribution >= 0.6 is 0 Å². The summed E-state index contributed by atoms with van der Waals surface area (Å²) in [5.41, 5.74) is 0.559. The smallest absolute Gasteiger partial charge is 0.268 e. The van der Waals surface area contributed by atoms with Crippen LogP contribution in [0.4, 0.5) is 5.69 Å². The van der Waals surface area contributed by atoms with Crippen molar-refractivity contribution in [2.45, 2.75) is 38.8 Å². The maximum Gasteiger partial charge on any atom is 0.268 e. The van der Waals surface area contributed by atoms with Crippen molar-refractivity contribution in [2.24, 2.45) is 0 Å². The van der Waals surface area contributed by atoms with Crippen molar-refractivity contribution in [3.63, 3.8) is 0 Å². The van der Waals surface area contributed by atoms with E-state index in [0.717, 1.165) is 25.2 Å². The molecule has 0 atom stereocenters. The van der Waals surface area contributed by atoms with Crippen LogP contribution in [-0.4, -0.2) is 46.8 Å². The third-order valence-electron chi connectivity index (χ3n) is 3.42. The summed E-state index contributed by atoms with van der Waals surface area (Å²) in [7, 11) is 0. The second-order valence-electron chi connectivity index (χ2n) is 5.74. The number of aryl methyl sites for hydroxylation is 1. The van der Waals surface area contributed by atoms with Crippen molar-refractivity contribution in [2.75, 3.05) is 31.2 Å². The molecule has 1 N–H and O–H groups in total. The van der Waals surface area contributed by atoms with Crippen LogP contribution < -0.4 is 10.5 Å².